The van der Waals surface area contributed by atoms with Crippen molar-refractivity contribution in [2.75, 3.05) is 5.32 Å². The van der Waals surface area contributed by atoms with Gasteiger partial charge in [-0.2, -0.15) is 0 Å². The lowest BCUT2D eigenvalue weighted by atomic mass is 9.94. The van der Waals surface area contributed by atoms with Crippen LogP contribution in [-0.4, -0.2) is 11.9 Å². The number of furan rings is 1. The lowest BCUT2D eigenvalue weighted by Crippen LogP contribution is -2.38. The highest BCUT2D eigenvalue weighted by Crippen LogP contribution is 2.41. The first-order chi connectivity index (χ1) is 13.7. The van der Waals surface area contributed by atoms with Crippen LogP contribution in [0, 0.1) is 0 Å². The summed E-state index contributed by atoms with van der Waals surface area (Å²) in [5, 5.41) is 7.44. The molecule has 0 fully saturated rings. The number of hydrogen-bond acceptors (Lipinski definition) is 6. The maximum atomic E-state index is 12.7. The van der Waals surface area contributed by atoms with Crippen LogP contribution in [0.15, 0.2) is 47.1 Å². The molecule has 6 nitrogen and oxygen atoms in total. The Morgan fingerprint density at radius 3 is 2.71 bits per heavy atom. The zero-order valence-electron chi connectivity index (χ0n) is 15.0. The van der Waals surface area contributed by atoms with Gasteiger partial charge in [-0.3, -0.25) is 4.79 Å². The van der Waals surface area contributed by atoms with Crippen molar-refractivity contribution < 1.29 is 18.7 Å². The normalized spacial score (nSPS) is 17.9. The van der Waals surface area contributed by atoms with E-state index in [2.05, 4.69) is 10.6 Å². The Bertz CT molecular complexity index is 1040. The first-order valence-corrected chi connectivity index (χ1v) is 10.1. The molecule has 28 heavy (non-hydrogen) atoms. The monoisotopic (exact) mass is 394 g/mol. The van der Waals surface area contributed by atoms with Crippen molar-refractivity contribution >= 4 is 28.2 Å². The van der Waals surface area contributed by atoms with E-state index in [4.69, 9.17) is 9.15 Å². The molecule has 0 radical (unpaired) electrons. The number of carbonyl (C=O) groups excluding carboxylic acids is 2. The zero-order chi connectivity index (χ0) is 19.1. The largest absolute Gasteiger partial charge is 0.457 e. The van der Waals surface area contributed by atoms with E-state index >= 15 is 0 Å². The van der Waals surface area contributed by atoms with Crippen molar-refractivity contribution in [3.63, 3.8) is 0 Å². The van der Waals surface area contributed by atoms with Crippen molar-refractivity contribution in [1.29, 1.82) is 0 Å². The molecule has 1 unspecified atom stereocenters. The number of fused-ring (bicyclic) bond motifs is 3. The quantitative estimate of drug-likeness (QED) is 0.512. The SMILES string of the molecule is O=C(Oc1ccc(C2NC(=O)c3c(sc4c3CCCC4)N2)cc1)c1ccco1. The molecular formula is C21H18N2O4S. The summed E-state index contributed by atoms with van der Waals surface area (Å²) < 4.78 is 10.3. The fourth-order valence-electron chi connectivity index (χ4n) is 3.73. The number of benzene rings is 1. The van der Waals surface area contributed by atoms with Gasteiger partial charge in [-0.15, -0.1) is 11.3 Å². The molecule has 142 valence electrons. The predicted octanol–water partition coefficient (Wildman–Crippen LogP) is 4.29. The Morgan fingerprint density at radius 1 is 1.11 bits per heavy atom. The molecule has 0 saturated carbocycles. The van der Waals surface area contributed by atoms with Crippen LogP contribution in [0.3, 0.4) is 0 Å². The summed E-state index contributed by atoms with van der Waals surface area (Å²) in [4.78, 5) is 26.0. The summed E-state index contributed by atoms with van der Waals surface area (Å²) in [6, 6.07) is 10.3. The second kappa shape index (κ2) is 6.83. The molecule has 0 bridgehead atoms. The van der Waals surface area contributed by atoms with E-state index in [0.29, 0.717) is 5.75 Å². The van der Waals surface area contributed by atoms with Crippen LogP contribution in [0.5, 0.6) is 5.75 Å². The molecule has 1 aliphatic carbocycles. The van der Waals surface area contributed by atoms with Gasteiger partial charge in [-0.25, -0.2) is 4.79 Å². The minimum atomic E-state index is -0.546. The molecule has 2 aliphatic rings. The maximum Gasteiger partial charge on any atom is 0.379 e. The van der Waals surface area contributed by atoms with Crippen molar-refractivity contribution in [1.82, 2.24) is 5.32 Å². The topological polar surface area (TPSA) is 80.6 Å². The average molecular weight is 394 g/mol. The first-order valence-electron chi connectivity index (χ1n) is 9.26. The van der Waals surface area contributed by atoms with Crippen LogP contribution in [0.4, 0.5) is 5.00 Å². The molecule has 1 amide bonds. The summed E-state index contributed by atoms with van der Waals surface area (Å²) in [7, 11) is 0. The maximum absolute atomic E-state index is 12.7. The van der Waals surface area contributed by atoms with Crippen LogP contribution >= 0.6 is 11.3 Å². The molecular weight excluding hydrogens is 376 g/mol. The van der Waals surface area contributed by atoms with E-state index < -0.39 is 5.97 Å². The van der Waals surface area contributed by atoms with E-state index in [0.717, 1.165) is 35.4 Å². The van der Waals surface area contributed by atoms with E-state index in [1.807, 2.05) is 12.1 Å². The van der Waals surface area contributed by atoms with E-state index in [9.17, 15) is 9.59 Å². The number of amides is 1. The van der Waals surface area contributed by atoms with Gasteiger partial charge in [0.05, 0.1) is 11.8 Å². The van der Waals surface area contributed by atoms with Crippen molar-refractivity contribution in [2.45, 2.75) is 31.8 Å². The van der Waals surface area contributed by atoms with Crippen LogP contribution in [0.1, 0.15) is 55.9 Å². The van der Waals surface area contributed by atoms with Gasteiger partial charge < -0.3 is 19.8 Å². The van der Waals surface area contributed by atoms with E-state index in [1.54, 1.807) is 35.6 Å². The third kappa shape index (κ3) is 2.97. The number of aryl methyl sites for hydroxylation is 1. The summed E-state index contributed by atoms with van der Waals surface area (Å²) in [6.07, 6.45) is 5.49. The Morgan fingerprint density at radius 2 is 1.93 bits per heavy atom. The predicted molar refractivity (Wildman–Crippen MR) is 105 cm³/mol. The molecule has 2 N–H and O–H groups in total. The van der Waals surface area contributed by atoms with Gasteiger partial charge in [-0.05, 0) is 61.1 Å². The summed E-state index contributed by atoms with van der Waals surface area (Å²) in [5.74, 6) is 0.00108. The number of rotatable bonds is 3. The molecule has 7 heteroatoms. The molecule has 2 aromatic heterocycles. The van der Waals surface area contributed by atoms with Crippen LogP contribution < -0.4 is 15.4 Å². The molecule has 3 aromatic rings. The third-order valence-corrected chi connectivity index (χ3v) is 6.32. The van der Waals surface area contributed by atoms with Crippen LogP contribution in [0.2, 0.25) is 0 Å². The zero-order valence-corrected chi connectivity index (χ0v) is 15.8. The van der Waals surface area contributed by atoms with Gasteiger partial charge in [-0.1, -0.05) is 12.1 Å². The van der Waals surface area contributed by atoms with Gasteiger partial charge in [0.1, 0.15) is 16.9 Å². The number of thiophene rings is 1. The Hall–Kier alpha value is -3.06. The third-order valence-electron chi connectivity index (χ3n) is 5.10. The number of ether oxygens (including phenoxy) is 1. The second-order valence-corrected chi connectivity index (χ2v) is 8.01. The average Bonchev–Trinajstić information content (AvgIpc) is 3.36. The highest BCUT2D eigenvalue weighted by molar-refractivity contribution is 7.16. The minimum Gasteiger partial charge on any atom is -0.457 e. The lowest BCUT2D eigenvalue weighted by Gasteiger charge is -2.26. The fraction of sp³-hybridized carbons (Fsp3) is 0.238. The Balaban J connectivity index is 1.34. The highest BCUT2D eigenvalue weighted by Gasteiger charge is 2.31. The molecule has 1 aliphatic heterocycles. The first kappa shape index (κ1) is 17.1. The van der Waals surface area contributed by atoms with Gasteiger partial charge in [0.2, 0.25) is 5.76 Å². The van der Waals surface area contributed by atoms with Gasteiger partial charge in [0.15, 0.2) is 0 Å². The lowest BCUT2D eigenvalue weighted by molar-refractivity contribution is 0.0701. The van der Waals surface area contributed by atoms with Gasteiger partial charge >= 0.3 is 5.97 Å². The molecule has 0 saturated heterocycles. The molecule has 0 spiro atoms. The number of carbonyl (C=O) groups is 2. The number of nitrogens with one attached hydrogen (secondary N) is 2. The molecule has 3 heterocycles. The van der Waals surface area contributed by atoms with Crippen LogP contribution in [-0.2, 0) is 12.8 Å². The van der Waals surface area contributed by atoms with Gasteiger partial charge in [0, 0.05) is 4.88 Å². The van der Waals surface area contributed by atoms with Crippen molar-refractivity contribution in [3.8, 4) is 5.75 Å². The van der Waals surface area contributed by atoms with E-state index in [1.165, 1.54) is 23.1 Å². The van der Waals surface area contributed by atoms with Crippen molar-refractivity contribution in [3.05, 3.63) is 70.0 Å². The smallest absolute Gasteiger partial charge is 0.379 e. The minimum absolute atomic E-state index is 0.0218. The number of esters is 1. The standard InChI is InChI=1S/C21H18N2O4S/c24-19-17-14-4-1-2-6-16(14)28-20(17)23-18(22-19)12-7-9-13(10-8-12)27-21(25)15-5-3-11-26-15/h3,5,7-11,18,23H,1-2,4,6H2,(H,22,24). The highest BCUT2D eigenvalue weighted by atomic mass is 32.1. The van der Waals surface area contributed by atoms with Gasteiger partial charge in [0.25, 0.3) is 5.91 Å². The number of hydrogen-bond donors (Lipinski definition) is 2. The molecule has 1 atom stereocenters. The Kier molecular flexibility index (Phi) is 4.16. The van der Waals surface area contributed by atoms with E-state index in [-0.39, 0.29) is 17.8 Å². The summed E-state index contributed by atoms with van der Waals surface area (Å²) in [5.41, 5.74) is 2.93. The molecule has 1 aromatic carbocycles. The number of anilines is 1. The van der Waals surface area contributed by atoms with Crippen molar-refractivity contribution in [2.24, 2.45) is 0 Å². The summed E-state index contributed by atoms with van der Waals surface area (Å²) >= 11 is 1.70. The Labute approximate surface area is 165 Å². The second-order valence-electron chi connectivity index (χ2n) is 6.90. The molecule has 5 rings (SSSR count). The summed E-state index contributed by atoms with van der Waals surface area (Å²) in [6.45, 7) is 0. The van der Waals surface area contributed by atoms with Crippen LogP contribution in [0.25, 0.3) is 0 Å². The fourth-order valence-corrected chi connectivity index (χ4v) is 5.04.